The van der Waals surface area contributed by atoms with E-state index in [0.29, 0.717) is 16.3 Å². The van der Waals surface area contributed by atoms with E-state index in [0.717, 1.165) is 18.7 Å². The summed E-state index contributed by atoms with van der Waals surface area (Å²) in [6.07, 6.45) is 4.96. The van der Waals surface area contributed by atoms with Crippen LogP contribution < -0.4 is 10.1 Å². The molecule has 2 atom stereocenters. The van der Waals surface area contributed by atoms with Crippen LogP contribution in [0.25, 0.3) is 0 Å². The molecular weight excluding hydrogens is 330 g/mol. The van der Waals surface area contributed by atoms with Crippen LogP contribution in [0.3, 0.4) is 0 Å². The number of hydrogen-bond acceptors (Lipinski definition) is 2. The average Bonchev–Trinajstić information content (AvgIpc) is 2.44. The standard InChI is InChI=1S/C17H24BrNO2/c1-12(2)21-16-8-4-6-14(10-16)17(20)19-11-13-5-3-7-15(18)9-13/h4,6,8,10,12-13,15H,3,5,7,9,11H2,1-2H3,(H,19,20). The Labute approximate surface area is 135 Å². The van der Waals surface area contributed by atoms with Crippen LogP contribution in [-0.2, 0) is 0 Å². The molecule has 116 valence electrons. The lowest BCUT2D eigenvalue weighted by atomic mass is 9.89. The average molecular weight is 354 g/mol. The Hall–Kier alpha value is -1.03. The molecule has 1 aromatic carbocycles. The van der Waals surface area contributed by atoms with Gasteiger partial charge in [0.25, 0.3) is 5.91 Å². The second-order valence-electron chi connectivity index (χ2n) is 6.03. The van der Waals surface area contributed by atoms with Gasteiger partial charge in [-0.25, -0.2) is 0 Å². The molecule has 1 fully saturated rings. The van der Waals surface area contributed by atoms with Crippen molar-refractivity contribution in [3.8, 4) is 5.75 Å². The second-order valence-corrected chi connectivity index (χ2v) is 7.33. The Balaban J connectivity index is 1.88. The zero-order chi connectivity index (χ0) is 15.2. The number of halogens is 1. The van der Waals surface area contributed by atoms with Crippen molar-refractivity contribution in [1.82, 2.24) is 5.32 Å². The Kier molecular flexibility index (Phi) is 6.09. The molecule has 0 aliphatic heterocycles. The van der Waals surface area contributed by atoms with E-state index in [9.17, 15) is 4.79 Å². The SMILES string of the molecule is CC(C)Oc1cccc(C(=O)NCC2CCCC(Br)C2)c1. The lowest BCUT2D eigenvalue weighted by Gasteiger charge is -2.25. The number of ether oxygens (including phenoxy) is 1. The van der Waals surface area contributed by atoms with E-state index in [1.165, 1.54) is 19.3 Å². The van der Waals surface area contributed by atoms with Gasteiger partial charge < -0.3 is 10.1 Å². The number of benzene rings is 1. The van der Waals surface area contributed by atoms with Crippen LogP contribution in [-0.4, -0.2) is 23.4 Å². The molecule has 0 heterocycles. The van der Waals surface area contributed by atoms with E-state index >= 15 is 0 Å². The fraction of sp³-hybridized carbons (Fsp3) is 0.588. The van der Waals surface area contributed by atoms with Gasteiger partial charge in [0.1, 0.15) is 5.75 Å². The number of amides is 1. The summed E-state index contributed by atoms with van der Waals surface area (Å²) >= 11 is 3.68. The third-order valence-electron chi connectivity index (χ3n) is 3.74. The first kappa shape index (κ1) is 16.3. The Morgan fingerprint density at radius 1 is 1.43 bits per heavy atom. The maximum atomic E-state index is 12.2. The van der Waals surface area contributed by atoms with Crippen LogP contribution in [0.5, 0.6) is 5.75 Å². The normalized spacial score (nSPS) is 22.1. The highest BCUT2D eigenvalue weighted by Gasteiger charge is 2.20. The van der Waals surface area contributed by atoms with E-state index in [-0.39, 0.29) is 12.0 Å². The van der Waals surface area contributed by atoms with E-state index in [4.69, 9.17) is 4.74 Å². The Morgan fingerprint density at radius 3 is 2.95 bits per heavy atom. The summed E-state index contributed by atoms with van der Waals surface area (Å²) in [5, 5.41) is 3.05. The van der Waals surface area contributed by atoms with Gasteiger partial charge in [0, 0.05) is 16.9 Å². The summed E-state index contributed by atoms with van der Waals surface area (Å²) in [4.78, 5) is 12.8. The summed E-state index contributed by atoms with van der Waals surface area (Å²) in [6.45, 7) is 4.72. The molecule has 2 unspecified atom stereocenters. The molecule has 0 spiro atoms. The fourth-order valence-corrected chi connectivity index (χ4v) is 3.59. The van der Waals surface area contributed by atoms with Crippen LogP contribution in [0.15, 0.2) is 24.3 Å². The lowest BCUT2D eigenvalue weighted by molar-refractivity contribution is 0.0943. The van der Waals surface area contributed by atoms with Crippen molar-refractivity contribution in [2.75, 3.05) is 6.54 Å². The maximum absolute atomic E-state index is 12.2. The summed E-state index contributed by atoms with van der Waals surface area (Å²) in [5.41, 5.74) is 0.666. The number of alkyl halides is 1. The monoisotopic (exact) mass is 353 g/mol. The molecule has 1 saturated carbocycles. The largest absolute Gasteiger partial charge is 0.491 e. The van der Waals surface area contributed by atoms with Crippen molar-refractivity contribution < 1.29 is 9.53 Å². The molecule has 0 bridgehead atoms. The molecule has 0 radical (unpaired) electrons. The van der Waals surface area contributed by atoms with Crippen molar-refractivity contribution in [3.05, 3.63) is 29.8 Å². The predicted octanol–water partition coefficient (Wildman–Crippen LogP) is 4.16. The van der Waals surface area contributed by atoms with Crippen molar-refractivity contribution in [2.45, 2.75) is 50.5 Å². The summed E-state index contributed by atoms with van der Waals surface area (Å²) in [7, 11) is 0. The van der Waals surface area contributed by atoms with Crippen LogP contribution in [0, 0.1) is 5.92 Å². The van der Waals surface area contributed by atoms with Gasteiger partial charge in [0.2, 0.25) is 0 Å². The van der Waals surface area contributed by atoms with Gasteiger partial charge >= 0.3 is 0 Å². The molecule has 4 heteroatoms. The van der Waals surface area contributed by atoms with Crippen molar-refractivity contribution >= 4 is 21.8 Å². The van der Waals surface area contributed by atoms with E-state index < -0.39 is 0 Å². The van der Waals surface area contributed by atoms with Gasteiger partial charge in [0.05, 0.1) is 6.10 Å². The highest BCUT2D eigenvalue weighted by Crippen LogP contribution is 2.28. The van der Waals surface area contributed by atoms with Gasteiger partial charge in [-0.1, -0.05) is 28.4 Å². The molecule has 2 rings (SSSR count). The Morgan fingerprint density at radius 2 is 2.24 bits per heavy atom. The summed E-state index contributed by atoms with van der Waals surface area (Å²) in [6, 6.07) is 7.38. The number of carbonyl (C=O) groups is 1. The topological polar surface area (TPSA) is 38.3 Å². The number of nitrogens with one attached hydrogen (secondary N) is 1. The fourth-order valence-electron chi connectivity index (χ4n) is 2.73. The van der Waals surface area contributed by atoms with E-state index in [1.807, 2.05) is 38.1 Å². The Bertz CT molecular complexity index is 476. The van der Waals surface area contributed by atoms with Crippen LogP contribution in [0.1, 0.15) is 49.9 Å². The first-order chi connectivity index (χ1) is 10.0. The highest BCUT2D eigenvalue weighted by atomic mass is 79.9. The minimum absolute atomic E-state index is 0.0131. The number of hydrogen-bond donors (Lipinski definition) is 1. The van der Waals surface area contributed by atoms with Gasteiger partial charge in [-0.15, -0.1) is 0 Å². The van der Waals surface area contributed by atoms with Gasteiger partial charge in [-0.2, -0.15) is 0 Å². The molecule has 0 aromatic heterocycles. The highest BCUT2D eigenvalue weighted by molar-refractivity contribution is 9.09. The van der Waals surface area contributed by atoms with Gasteiger partial charge in [-0.05, 0) is 57.2 Å². The predicted molar refractivity (Wildman–Crippen MR) is 89.2 cm³/mol. The molecule has 1 amide bonds. The minimum atomic E-state index is -0.0131. The molecule has 1 N–H and O–H groups in total. The van der Waals surface area contributed by atoms with Crippen LogP contribution >= 0.6 is 15.9 Å². The van der Waals surface area contributed by atoms with Crippen molar-refractivity contribution in [3.63, 3.8) is 0 Å². The molecule has 0 saturated heterocycles. The molecule has 3 nitrogen and oxygen atoms in total. The second kappa shape index (κ2) is 7.83. The molecule has 1 aliphatic rings. The number of rotatable bonds is 5. The lowest BCUT2D eigenvalue weighted by Crippen LogP contribution is -2.31. The number of carbonyl (C=O) groups excluding carboxylic acids is 1. The smallest absolute Gasteiger partial charge is 0.251 e. The van der Waals surface area contributed by atoms with Crippen LogP contribution in [0.2, 0.25) is 0 Å². The van der Waals surface area contributed by atoms with E-state index in [1.54, 1.807) is 0 Å². The summed E-state index contributed by atoms with van der Waals surface area (Å²) < 4.78 is 5.63. The first-order valence-corrected chi connectivity index (χ1v) is 8.65. The molecular formula is C17H24BrNO2. The zero-order valence-electron chi connectivity index (χ0n) is 12.8. The molecule has 1 aliphatic carbocycles. The first-order valence-electron chi connectivity index (χ1n) is 7.73. The zero-order valence-corrected chi connectivity index (χ0v) is 14.4. The third kappa shape index (κ3) is 5.34. The minimum Gasteiger partial charge on any atom is -0.491 e. The van der Waals surface area contributed by atoms with E-state index in [2.05, 4.69) is 21.2 Å². The third-order valence-corrected chi connectivity index (χ3v) is 4.57. The summed E-state index contributed by atoms with van der Waals surface area (Å²) in [5.74, 6) is 1.32. The van der Waals surface area contributed by atoms with Gasteiger partial charge in [-0.3, -0.25) is 4.79 Å². The van der Waals surface area contributed by atoms with Gasteiger partial charge in [0.15, 0.2) is 0 Å². The molecule has 1 aromatic rings. The molecule has 21 heavy (non-hydrogen) atoms. The quantitative estimate of drug-likeness (QED) is 0.807. The van der Waals surface area contributed by atoms with Crippen molar-refractivity contribution in [1.29, 1.82) is 0 Å². The van der Waals surface area contributed by atoms with Crippen molar-refractivity contribution in [2.24, 2.45) is 5.92 Å². The van der Waals surface area contributed by atoms with Crippen LogP contribution in [0.4, 0.5) is 0 Å². The maximum Gasteiger partial charge on any atom is 0.251 e.